The van der Waals surface area contributed by atoms with E-state index in [0.29, 0.717) is 11.6 Å². The van der Waals surface area contributed by atoms with Crippen LogP contribution in [0.25, 0.3) is 16.6 Å². The number of para-hydroxylation sites is 2. The minimum absolute atomic E-state index is 0.129. The molecule has 2 aromatic carbocycles. The fraction of sp³-hybridized carbons (Fsp3) is 0.208. The van der Waals surface area contributed by atoms with Gasteiger partial charge in [0.2, 0.25) is 5.91 Å². The van der Waals surface area contributed by atoms with Crippen molar-refractivity contribution < 1.29 is 14.3 Å². The first-order valence-corrected chi connectivity index (χ1v) is 11.2. The number of thioether (sulfide) groups is 1. The van der Waals surface area contributed by atoms with Gasteiger partial charge in [0, 0.05) is 35.9 Å². The number of nitrogens with zero attached hydrogens (tertiary/aromatic N) is 2. The van der Waals surface area contributed by atoms with Crippen molar-refractivity contribution in [3.63, 3.8) is 0 Å². The van der Waals surface area contributed by atoms with Crippen LogP contribution in [-0.4, -0.2) is 45.3 Å². The lowest BCUT2D eigenvalue weighted by atomic mass is 10.0. The predicted octanol–water partition coefficient (Wildman–Crippen LogP) is 3.65. The maximum atomic E-state index is 12.7. The fourth-order valence-electron chi connectivity index (χ4n) is 3.64. The van der Waals surface area contributed by atoms with Crippen molar-refractivity contribution in [2.45, 2.75) is 24.5 Å². The van der Waals surface area contributed by atoms with Crippen LogP contribution >= 0.6 is 11.8 Å². The average molecular weight is 449 g/mol. The third-order valence-corrected chi connectivity index (χ3v) is 6.20. The predicted molar refractivity (Wildman–Crippen MR) is 125 cm³/mol. The molecule has 4 aromatic rings. The Bertz CT molecular complexity index is 1250. The van der Waals surface area contributed by atoms with Crippen LogP contribution in [-0.2, 0) is 20.7 Å². The Morgan fingerprint density at radius 3 is 2.78 bits per heavy atom. The molecule has 0 saturated carbocycles. The molecular weight excluding hydrogens is 424 g/mol. The van der Waals surface area contributed by atoms with Gasteiger partial charge in [0.15, 0.2) is 5.16 Å². The van der Waals surface area contributed by atoms with E-state index in [9.17, 15) is 9.59 Å². The molecule has 2 aromatic heterocycles. The lowest BCUT2D eigenvalue weighted by Crippen LogP contribution is -2.43. The first-order valence-electron chi connectivity index (χ1n) is 10.2. The highest BCUT2D eigenvalue weighted by Crippen LogP contribution is 2.23. The highest BCUT2D eigenvalue weighted by atomic mass is 32.2. The molecule has 0 fully saturated rings. The molecule has 7 nitrogen and oxygen atoms in total. The fourth-order valence-corrected chi connectivity index (χ4v) is 4.41. The van der Waals surface area contributed by atoms with E-state index in [1.165, 1.54) is 18.9 Å². The highest BCUT2D eigenvalue weighted by molar-refractivity contribution is 7.99. The summed E-state index contributed by atoms with van der Waals surface area (Å²) in [6, 6.07) is 15.1. The number of carbonyl (C=O) groups excluding carboxylic acids is 2. The summed E-state index contributed by atoms with van der Waals surface area (Å²) in [6.07, 6.45) is 5.78. The Hall–Kier alpha value is -3.52. The Morgan fingerprint density at radius 1 is 1.19 bits per heavy atom. The third kappa shape index (κ3) is 4.70. The second-order valence-electron chi connectivity index (χ2n) is 7.36. The van der Waals surface area contributed by atoms with Gasteiger partial charge in [0.05, 0.1) is 18.6 Å². The first-order chi connectivity index (χ1) is 15.6. The van der Waals surface area contributed by atoms with Crippen LogP contribution in [0.15, 0.2) is 72.3 Å². The summed E-state index contributed by atoms with van der Waals surface area (Å²) in [5.41, 5.74) is 4.05. The van der Waals surface area contributed by atoms with Gasteiger partial charge in [0.1, 0.15) is 6.04 Å². The van der Waals surface area contributed by atoms with E-state index in [0.717, 1.165) is 27.7 Å². The van der Waals surface area contributed by atoms with Crippen molar-refractivity contribution in [2.75, 3.05) is 12.9 Å². The number of fused-ring (bicyclic) bond motifs is 1. The zero-order valence-corrected chi connectivity index (χ0v) is 18.7. The number of aryl methyl sites for hydroxylation is 1. The molecule has 0 aliphatic carbocycles. The lowest BCUT2D eigenvalue weighted by Gasteiger charge is -2.16. The number of benzene rings is 2. The standard InChI is InChI=1S/C24H24N4O3S/c1-16-7-3-6-10-21(16)28-12-11-25-24(28)32-15-22(29)27-20(23(30)31-2)13-17-14-26-19-9-5-4-8-18(17)19/h3-12,14,20,26H,13,15H2,1-2H3,(H,27,29)/t20-/m1/s1. The summed E-state index contributed by atoms with van der Waals surface area (Å²) in [4.78, 5) is 32.6. The van der Waals surface area contributed by atoms with Gasteiger partial charge >= 0.3 is 5.97 Å². The Balaban J connectivity index is 1.43. The molecule has 164 valence electrons. The zero-order valence-electron chi connectivity index (χ0n) is 17.9. The number of methoxy groups -OCH3 is 1. The van der Waals surface area contributed by atoms with Gasteiger partial charge in [-0.3, -0.25) is 9.36 Å². The summed E-state index contributed by atoms with van der Waals surface area (Å²) in [5.74, 6) is -0.607. The highest BCUT2D eigenvalue weighted by Gasteiger charge is 2.23. The summed E-state index contributed by atoms with van der Waals surface area (Å²) in [6.45, 7) is 2.03. The molecule has 0 unspecified atom stereocenters. The van der Waals surface area contributed by atoms with Gasteiger partial charge in [-0.15, -0.1) is 0 Å². The van der Waals surface area contributed by atoms with Crippen LogP contribution in [0.3, 0.4) is 0 Å². The molecule has 0 spiro atoms. The molecule has 0 saturated heterocycles. The van der Waals surface area contributed by atoms with Gasteiger partial charge in [-0.25, -0.2) is 9.78 Å². The molecule has 32 heavy (non-hydrogen) atoms. The lowest BCUT2D eigenvalue weighted by molar-refractivity contribution is -0.144. The molecule has 2 heterocycles. The van der Waals surface area contributed by atoms with Gasteiger partial charge in [-0.2, -0.15) is 0 Å². The van der Waals surface area contributed by atoms with Crippen LogP contribution in [0.5, 0.6) is 0 Å². The second-order valence-corrected chi connectivity index (χ2v) is 8.30. The molecule has 4 rings (SSSR count). The average Bonchev–Trinajstić information content (AvgIpc) is 3.44. The van der Waals surface area contributed by atoms with Crippen LogP contribution in [0.2, 0.25) is 0 Å². The zero-order chi connectivity index (χ0) is 22.5. The van der Waals surface area contributed by atoms with Gasteiger partial charge in [0.25, 0.3) is 0 Å². The van der Waals surface area contributed by atoms with Crippen molar-refractivity contribution >= 4 is 34.5 Å². The largest absolute Gasteiger partial charge is 0.467 e. The number of amides is 1. The number of ether oxygens (including phenoxy) is 1. The number of hydrogen-bond donors (Lipinski definition) is 2. The maximum Gasteiger partial charge on any atom is 0.328 e. The molecule has 2 N–H and O–H groups in total. The smallest absolute Gasteiger partial charge is 0.328 e. The summed E-state index contributed by atoms with van der Waals surface area (Å²) in [5, 5.41) is 4.55. The van der Waals surface area contributed by atoms with Gasteiger partial charge < -0.3 is 15.0 Å². The van der Waals surface area contributed by atoms with E-state index in [4.69, 9.17) is 4.74 Å². The number of rotatable bonds is 8. The SMILES string of the molecule is COC(=O)[C@@H](Cc1c[nH]c2ccccc12)NC(=O)CSc1nccn1-c1ccccc1C. The normalized spacial score (nSPS) is 11.9. The van der Waals surface area contributed by atoms with Crippen LogP contribution < -0.4 is 5.32 Å². The topological polar surface area (TPSA) is 89.0 Å². The van der Waals surface area contributed by atoms with E-state index in [2.05, 4.69) is 15.3 Å². The van der Waals surface area contributed by atoms with Crippen molar-refractivity contribution in [2.24, 2.45) is 0 Å². The molecule has 8 heteroatoms. The second kappa shape index (κ2) is 9.74. The minimum Gasteiger partial charge on any atom is -0.467 e. The number of carbonyl (C=O) groups is 2. The molecule has 0 radical (unpaired) electrons. The summed E-state index contributed by atoms with van der Waals surface area (Å²) in [7, 11) is 1.32. The Kier molecular flexibility index (Phi) is 6.61. The number of hydrogen-bond acceptors (Lipinski definition) is 5. The van der Waals surface area contributed by atoms with Crippen LogP contribution in [0.4, 0.5) is 0 Å². The molecule has 1 amide bonds. The monoisotopic (exact) mass is 448 g/mol. The van der Waals surface area contributed by atoms with E-state index < -0.39 is 12.0 Å². The number of aromatic amines is 1. The van der Waals surface area contributed by atoms with Crippen molar-refractivity contribution in [3.05, 3.63) is 78.2 Å². The van der Waals surface area contributed by atoms with Crippen molar-refractivity contribution in [1.82, 2.24) is 19.9 Å². The number of aromatic nitrogens is 3. The number of nitrogens with one attached hydrogen (secondary N) is 2. The molecule has 1 atom stereocenters. The Morgan fingerprint density at radius 2 is 1.97 bits per heavy atom. The van der Waals surface area contributed by atoms with Crippen LogP contribution in [0.1, 0.15) is 11.1 Å². The summed E-state index contributed by atoms with van der Waals surface area (Å²) >= 11 is 1.32. The molecule has 0 aliphatic rings. The quantitative estimate of drug-likeness (QED) is 0.317. The van der Waals surface area contributed by atoms with E-state index in [1.54, 1.807) is 6.20 Å². The van der Waals surface area contributed by atoms with Crippen molar-refractivity contribution in [3.8, 4) is 5.69 Å². The third-order valence-electron chi connectivity index (χ3n) is 5.23. The van der Waals surface area contributed by atoms with Crippen LogP contribution in [0, 0.1) is 6.92 Å². The molecule has 0 aliphatic heterocycles. The van der Waals surface area contributed by atoms with E-state index >= 15 is 0 Å². The van der Waals surface area contributed by atoms with E-state index in [1.807, 2.05) is 72.4 Å². The molecule has 0 bridgehead atoms. The van der Waals surface area contributed by atoms with Gasteiger partial charge in [-0.1, -0.05) is 48.2 Å². The number of H-pyrrole nitrogens is 1. The number of esters is 1. The van der Waals surface area contributed by atoms with Gasteiger partial charge in [-0.05, 0) is 30.2 Å². The minimum atomic E-state index is -0.775. The summed E-state index contributed by atoms with van der Waals surface area (Å²) < 4.78 is 6.88. The van der Waals surface area contributed by atoms with Crippen molar-refractivity contribution in [1.29, 1.82) is 0 Å². The Labute approximate surface area is 190 Å². The molecular formula is C24H24N4O3S. The maximum absolute atomic E-state index is 12.7. The van der Waals surface area contributed by atoms with E-state index in [-0.39, 0.29) is 11.7 Å². The first kappa shape index (κ1) is 21.7. The number of imidazole rings is 1.